The Bertz CT molecular complexity index is 300. The number of rotatable bonds is 10. The molecule has 2 nitrogen and oxygen atoms in total. The fourth-order valence-electron chi connectivity index (χ4n) is 2.89. The van der Waals surface area contributed by atoms with Gasteiger partial charge in [-0.1, -0.05) is 20.4 Å². The van der Waals surface area contributed by atoms with Crippen LogP contribution in [0, 0.1) is 11.8 Å². The molecule has 118 valence electrons. The minimum absolute atomic E-state index is 0.262. The molecule has 0 radical (unpaired) electrons. The zero-order chi connectivity index (χ0) is 15.8. The van der Waals surface area contributed by atoms with Crippen molar-refractivity contribution in [2.24, 2.45) is 11.8 Å². The van der Waals surface area contributed by atoms with Gasteiger partial charge in [0.25, 0.3) is 0 Å². The van der Waals surface area contributed by atoms with Crippen LogP contribution in [0.2, 0.25) is 0 Å². The van der Waals surface area contributed by atoms with Gasteiger partial charge in [-0.3, -0.25) is 0 Å². The number of carbonyl (C=O) groups excluding carboxylic acids is 1. The van der Waals surface area contributed by atoms with Crippen molar-refractivity contribution in [2.75, 3.05) is 31.3 Å². The van der Waals surface area contributed by atoms with E-state index < -0.39 is 7.26 Å². The van der Waals surface area contributed by atoms with Crippen LogP contribution in [0.4, 0.5) is 0 Å². The molecule has 0 aromatic carbocycles. The molecule has 0 saturated heterocycles. The van der Waals surface area contributed by atoms with Crippen LogP contribution in [-0.4, -0.2) is 37.2 Å². The Kier molecular flexibility index (Phi) is 9.38. The van der Waals surface area contributed by atoms with Gasteiger partial charge in [-0.15, -0.1) is 0 Å². The molecule has 20 heavy (non-hydrogen) atoms. The summed E-state index contributed by atoms with van der Waals surface area (Å²) in [5.41, 5.74) is 0.484. The number of esters is 1. The topological polar surface area (TPSA) is 26.3 Å². The third-order valence-electron chi connectivity index (χ3n) is 4.36. The van der Waals surface area contributed by atoms with Crippen LogP contribution in [0.5, 0.6) is 0 Å². The second kappa shape index (κ2) is 9.55. The first-order valence-electron chi connectivity index (χ1n) is 7.97. The highest BCUT2D eigenvalue weighted by atomic mass is 31.2. The molecule has 0 saturated carbocycles. The van der Waals surface area contributed by atoms with E-state index in [1.54, 1.807) is 6.92 Å². The van der Waals surface area contributed by atoms with Crippen LogP contribution < -0.4 is 0 Å². The second-order valence-corrected chi connectivity index (χ2v) is 11.2. The summed E-state index contributed by atoms with van der Waals surface area (Å²) in [6.45, 7) is 17.4. The summed E-state index contributed by atoms with van der Waals surface area (Å²) in [6, 6.07) is 0. The molecule has 0 spiro atoms. The molecule has 0 aliphatic rings. The average Bonchev–Trinajstić information content (AvgIpc) is 2.42. The van der Waals surface area contributed by atoms with Crippen LogP contribution in [-0.2, 0) is 9.53 Å². The molecule has 0 aromatic heterocycles. The lowest BCUT2D eigenvalue weighted by Gasteiger charge is -2.28. The van der Waals surface area contributed by atoms with Crippen LogP contribution in [0.15, 0.2) is 12.2 Å². The zero-order valence-electron chi connectivity index (χ0n) is 14.4. The molecular formula is C17H34O2P+. The van der Waals surface area contributed by atoms with E-state index >= 15 is 0 Å². The maximum Gasteiger partial charge on any atom is 0.333 e. The Hall–Kier alpha value is -0.360. The highest BCUT2D eigenvalue weighted by Gasteiger charge is 2.33. The van der Waals surface area contributed by atoms with E-state index in [2.05, 4.69) is 41.2 Å². The molecule has 3 heteroatoms. The van der Waals surface area contributed by atoms with Gasteiger partial charge in [-0.2, -0.15) is 0 Å². The number of hydrogen-bond acceptors (Lipinski definition) is 2. The normalized spacial score (nSPS) is 14.7. The monoisotopic (exact) mass is 301 g/mol. The van der Waals surface area contributed by atoms with Crippen LogP contribution in [0.3, 0.4) is 0 Å². The maximum atomic E-state index is 11.4. The molecule has 0 aromatic rings. The highest BCUT2D eigenvalue weighted by molar-refractivity contribution is 7.75. The van der Waals surface area contributed by atoms with Crippen molar-refractivity contribution in [1.29, 1.82) is 0 Å². The van der Waals surface area contributed by atoms with Gasteiger partial charge in [-0.05, 0) is 46.0 Å². The largest absolute Gasteiger partial charge is 0.462 e. The smallest absolute Gasteiger partial charge is 0.333 e. The van der Waals surface area contributed by atoms with Crippen molar-refractivity contribution in [3.05, 3.63) is 12.2 Å². The number of carbonyl (C=O) groups is 1. The van der Waals surface area contributed by atoms with Gasteiger partial charge in [0, 0.05) is 12.8 Å². The first-order valence-corrected chi connectivity index (χ1v) is 10.5. The Morgan fingerprint density at radius 2 is 1.60 bits per heavy atom. The standard InChI is InChI=1S/C17H34O2P/c1-8-20(9-2,10-3)13-16(7)11-15(6)12-19-17(18)14(4)5/h15-16H,4,8-13H2,1-3,5-7H3/q+1. The van der Waals surface area contributed by atoms with Crippen molar-refractivity contribution >= 4 is 13.2 Å². The van der Waals surface area contributed by atoms with Crippen molar-refractivity contribution < 1.29 is 9.53 Å². The lowest BCUT2D eigenvalue weighted by atomic mass is 10.00. The molecule has 0 rings (SSSR count). The number of hydrogen-bond donors (Lipinski definition) is 0. The Morgan fingerprint density at radius 3 is 2.00 bits per heavy atom. The Balaban J connectivity index is 4.22. The second-order valence-electron chi connectivity index (χ2n) is 6.30. The molecule has 0 bridgehead atoms. The van der Waals surface area contributed by atoms with Gasteiger partial charge in [0.15, 0.2) is 0 Å². The van der Waals surface area contributed by atoms with Crippen LogP contribution in [0.1, 0.15) is 48.0 Å². The van der Waals surface area contributed by atoms with Crippen molar-refractivity contribution in [2.45, 2.75) is 48.0 Å². The van der Waals surface area contributed by atoms with E-state index in [-0.39, 0.29) is 5.97 Å². The van der Waals surface area contributed by atoms with E-state index in [1.807, 2.05) is 0 Å². The van der Waals surface area contributed by atoms with Gasteiger partial charge in [-0.25, -0.2) is 4.79 Å². The van der Waals surface area contributed by atoms with Crippen molar-refractivity contribution in [3.8, 4) is 0 Å². The lowest BCUT2D eigenvalue weighted by Crippen LogP contribution is -2.18. The molecule has 0 fully saturated rings. The quantitative estimate of drug-likeness (QED) is 0.328. The molecule has 0 heterocycles. The minimum Gasteiger partial charge on any atom is -0.462 e. The molecule has 0 amide bonds. The van der Waals surface area contributed by atoms with Gasteiger partial charge >= 0.3 is 5.97 Å². The summed E-state index contributed by atoms with van der Waals surface area (Å²) >= 11 is 0. The van der Waals surface area contributed by atoms with Crippen molar-refractivity contribution in [3.63, 3.8) is 0 Å². The molecule has 0 aliphatic carbocycles. The van der Waals surface area contributed by atoms with Crippen molar-refractivity contribution in [1.82, 2.24) is 0 Å². The first-order chi connectivity index (χ1) is 9.30. The summed E-state index contributed by atoms with van der Waals surface area (Å²) in [6.07, 6.45) is 6.62. The number of ether oxygens (including phenoxy) is 1. The van der Waals surface area contributed by atoms with E-state index in [0.717, 1.165) is 12.3 Å². The van der Waals surface area contributed by atoms with E-state index in [0.29, 0.717) is 18.1 Å². The third-order valence-corrected chi connectivity index (χ3v) is 9.79. The van der Waals surface area contributed by atoms with E-state index in [4.69, 9.17) is 4.74 Å². The van der Waals surface area contributed by atoms with Gasteiger partial charge < -0.3 is 4.74 Å². The molecule has 2 unspecified atom stereocenters. The molecule has 0 aliphatic heterocycles. The SMILES string of the molecule is C=C(C)C(=O)OCC(C)CC(C)C[P+](CC)(CC)CC. The molecular weight excluding hydrogens is 267 g/mol. The van der Waals surface area contributed by atoms with Gasteiger partial charge in [0.1, 0.15) is 0 Å². The van der Waals surface area contributed by atoms with E-state index in [1.165, 1.54) is 24.6 Å². The van der Waals surface area contributed by atoms with Crippen LogP contribution >= 0.6 is 7.26 Å². The van der Waals surface area contributed by atoms with Gasteiger partial charge in [0.05, 0.1) is 31.3 Å². The van der Waals surface area contributed by atoms with E-state index in [9.17, 15) is 4.79 Å². The summed E-state index contributed by atoms with van der Waals surface area (Å²) < 4.78 is 5.25. The van der Waals surface area contributed by atoms with Crippen LogP contribution in [0.25, 0.3) is 0 Å². The average molecular weight is 301 g/mol. The predicted octanol–water partition coefficient (Wildman–Crippen LogP) is 4.85. The summed E-state index contributed by atoms with van der Waals surface area (Å²) in [5, 5.41) is 0. The predicted molar refractivity (Wildman–Crippen MR) is 92.1 cm³/mol. The highest BCUT2D eigenvalue weighted by Crippen LogP contribution is 2.59. The fraction of sp³-hybridized carbons (Fsp3) is 0.824. The lowest BCUT2D eigenvalue weighted by molar-refractivity contribution is -0.140. The molecule has 2 atom stereocenters. The zero-order valence-corrected chi connectivity index (χ0v) is 15.3. The Morgan fingerprint density at radius 1 is 1.10 bits per heavy atom. The van der Waals surface area contributed by atoms with Gasteiger partial charge in [0.2, 0.25) is 0 Å². The molecule has 0 N–H and O–H groups in total. The minimum atomic E-state index is -0.727. The summed E-state index contributed by atoms with van der Waals surface area (Å²) in [7, 11) is -0.727. The fourth-order valence-corrected chi connectivity index (χ4v) is 6.48. The third kappa shape index (κ3) is 6.88. The summed E-state index contributed by atoms with van der Waals surface area (Å²) in [5.74, 6) is 0.893. The summed E-state index contributed by atoms with van der Waals surface area (Å²) in [4.78, 5) is 11.4. The maximum absolute atomic E-state index is 11.4. The Labute approximate surface area is 126 Å². The first kappa shape index (κ1) is 19.6.